The SMILES string of the molecule is O=[N+]([O-])[C@@H]1[C@@H](c2ccccc2)[C@H]2C=C[C@@H]1C2. The number of allylic oxidation sites excluding steroid dienone is 1. The molecule has 0 aromatic heterocycles. The molecule has 16 heavy (non-hydrogen) atoms. The van der Waals surface area contributed by atoms with E-state index >= 15 is 0 Å². The average Bonchev–Trinajstić information content (AvgIpc) is 2.89. The van der Waals surface area contributed by atoms with Crippen LogP contribution in [0.15, 0.2) is 42.5 Å². The van der Waals surface area contributed by atoms with Gasteiger partial charge in [0.25, 0.3) is 0 Å². The Morgan fingerprint density at radius 2 is 1.81 bits per heavy atom. The van der Waals surface area contributed by atoms with E-state index in [1.54, 1.807) is 0 Å². The minimum atomic E-state index is -0.419. The van der Waals surface area contributed by atoms with Crippen molar-refractivity contribution in [2.24, 2.45) is 11.8 Å². The Labute approximate surface area is 93.9 Å². The Morgan fingerprint density at radius 3 is 2.50 bits per heavy atom. The lowest BCUT2D eigenvalue weighted by atomic mass is 9.83. The fraction of sp³-hybridized carbons (Fsp3) is 0.385. The van der Waals surface area contributed by atoms with Crippen molar-refractivity contribution in [1.82, 2.24) is 0 Å². The van der Waals surface area contributed by atoms with Gasteiger partial charge in [0.2, 0.25) is 6.04 Å². The summed E-state index contributed by atoms with van der Waals surface area (Å²) in [6, 6.07) is 9.47. The largest absolute Gasteiger partial charge is 0.264 e. The molecule has 1 aromatic carbocycles. The third-order valence-corrected chi connectivity index (χ3v) is 3.85. The van der Waals surface area contributed by atoms with Gasteiger partial charge in [-0.05, 0) is 17.9 Å². The Morgan fingerprint density at radius 1 is 1.12 bits per heavy atom. The number of nitrogens with zero attached hydrogens (tertiary/aromatic N) is 1. The molecule has 1 fully saturated rings. The van der Waals surface area contributed by atoms with Gasteiger partial charge in [-0.25, -0.2) is 0 Å². The second-order valence-corrected chi connectivity index (χ2v) is 4.66. The standard InChI is InChI=1S/C13H13NO2/c15-14(16)13-11-7-6-10(8-11)12(13)9-4-2-1-3-5-9/h1-7,10-13H,8H2/t10-,11+,12-,13-/m0/s1. The van der Waals surface area contributed by atoms with Crippen molar-refractivity contribution in [2.45, 2.75) is 18.4 Å². The fourth-order valence-corrected chi connectivity index (χ4v) is 3.20. The molecule has 2 aliphatic carbocycles. The lowest BCUT2D eigenvalue weighted by Crippen LogP contribution is -2.31. The topological polar surface area (TPSA) is 43.1 Å². The smallest absolute Gasteiger partial charge is 0.226 e. The molecule has 82 valence electrons. The first-order valence-corrected chi connectivity index (χ1v) is 5.64. The van der Waals surface area contributed by atoms with Crippen LogP contribution in [-0.2, 0) is 0 Å². The van der Waals surface area contributed by atoms with Crippen LogP contribution in [0.25, 0.3) is 0 Å². The third-order valence-electron chi connectivity index (χ3n) is 3.85. The molecule has 2 bridgehead atoms. The van der Waals surface area contributed by atoms with Crippen molar-refractivity contribution in [3.8, 4) is 0 Å². The maximum absolute atomic E-state index is 11.1. The van der Waals surface area contributed by atoms with Crippen LogP contribution in [-0.4, -0.2) is 11.0 Å². The number of benzene rings is 1. The molecule has 0 N–H and O–H groups in total. The molecule has 3 rings (SSSR count). The molecule has 0 aliphatic heterocycles. The summed E-state index contributed by atoms with van der Waals surface area (Å²) in [5, 5.41) is 11.1. The van der Waals surface area contributed by atoms with Gasteiger partial charge in [0, 0.05) is 10.8 Å². The van der Waals surface area contributed by atoms with Crippen molar-refractivity contribution in [3.05, 3.63) is 58.2 Å². The highest BCUT2D eigenvalue weighted by molar-refractivity contribution is 5.29. The lowest BCUT2D eigenvalue weighted by Gasteiger charge is -2.21. The fourth-order valence-electron chi connectivity index (χ4n) is 3.20. The van der Waals surface area contributed by atoms with Crippen molar-refractivity contribution in [2.75, 3.05) is 0 Å². The monoisotopic (exact) mass is 215 g/mol. The van der Waals surface area contributed by atoms with Crippen LogP contribution >= 0.6 is 0 Å². The molecule has 2 aliphatic rings. The number of nitro groups is 1. The van der Waals surface area contributed by atoms with Gasteiger partial charge in [0.15, 0.2) is 0 Å². The van der Waals surface area contributed by atoms with Gasteiger partial charge in [-0.2, -0.15) is 0 Å². The molecule has 0 unspecified atom stereocenters. The van der Waals surface area contributed by atoms with Crippen LogP contribution in [0.1, 0.15) is 17.9 Å². The summed E-state index contributed by atoms with van der Waals surface area (Å²) in [6.45, 7) is 0. The maximum atomic E-state index is 11.1. The highest BCUT2D eigenvalue weighted by Gasteiger charge is 2.52. The predicted octanol–water partition coefficient (Wildman–Crippen LogP) is 2.62. The second kappa shape index (κ2) is 3.44. The van der Waals surface area contributed by atoms with Crippen molar-refractivity contribution >= 4 is 0 Å². The molecule has 0 heterocycles. The molecular weight excluding hydrogens is 202 g/mol. The molecule has 0 radical (unpaired) electrons. The van der Waals surface area contributed by atoms with E-state index in [2.05, 4.69) is 6.08 Å². The molecular formula is C13H13NO2. The summed E-state index contributed by atoms with van der Waals surface area (Å²) in [7, 11) is 0. The zero-order valence-corrected chi connectivity index (χ0v) is 8.82. The van der Waals surface area contributed by atoms with Crippen molar-refractivity contribution in [1.29, 1.82) is 0 Å². The molecule has 4 atom stereocenters. The zero-order valence-electron chi connectivity index (χ0n) is 8.82. The summed E-state index contributed by atoms with van der Waals surface area (Å²) < 4.78 is 0. The molecule has 3 heteroatoms. The highest BCUT2D eigenvalue weighted by atomic mass is 16.6. The van der Waals surface area contributed by atoms with E-state index in [0.29, 0.717) is 5.92 Å². The van der Waals surface area contributed by atoms with Gasteiger partial charge >= 0.3 is 0 Å². The predicted molar refractivity (Wildman–Crippen MR) is 60.7 cm³/mol. The second-order valence-electron chi connectivity index (χ2n) is 4.66. The van der Waals surface area contributed by atoms with Crippen LogP contribution in [0.3, 0.4) is 0 Å². The van der Waals surface area contributed by atoms with E-state index in [4.69, 9.17) is 0 Å². The van der Waals surface area contributed by atoms with Crippen molar-refractivity contribution in [3.63, 3.8) is 0 Å². The Hall–Kier alpha value is -1.64. The van der Waals surface area contributed by atoms with Gasteiger partial charge in [-0.1, -0.05) is 42.5 Å². The quantitative estimate of drug-likeness (QED) is 0.432. The molecule has 0 amide bonds. The van der Waals surface area contributed by atoms with Crippen LogP contribution in [0, 0.1) is 22.0 Å². The van der Waals surface area contributed by atoms with Gasteiger partial charge in [0.05, 0.1) is 5.92 Å². The number of hydrogen-bond acceptors (Lipinski definition) is 2. The molecule has 0 spiro atoms. The van der Waals surface area contributed by atoms with Gasteiger partial charge in [-0.3, -0.25) is 10.1 Å². The average molecular weight is 215 g/mol. The van der Waals surface area contributed by atoms with Crippen molar-refractivity contribution < 1.29 is 4.92 Å². The number of fused-ring (bicyclic) bond motifs is 2. The third kappa shape index (κ3) is 1.28. The number of rotatable bonds is 2. The first-order chi connectivity index (χ1) is 7.77. The van der Waals surface area contributed by atoms with E-state index < -0.39 is 6.04 Å². The summed E-state index contributed by atoms with van der Waals surface area (Å²) >= 11 is 0. The van der Waals surface area contributed by atoms with E-state index in [9.17, 15) is 10.1 Å². The van der Waals surface area contributed by atoms with E-state index in [0.717, 1.165) is 12.0 Å². The van der Waals surface area contributed by atoms with E-state index in [1.807, 2.05) is 36.4 Å². The minimum absolute atomic E-state index is 0.0752. The normalized spacial score (nSPS) is 35.5. The van der Waals surface area contributed by atoms with Gasteiger partial charge in [-0.15, -0.1) is 0 Å². The Balaban J connectivity index is 2.00. The molecule has 1 saturated carbocycles. The van der Waals surface area contributed by atoms with E-state index in [-0.39, 0.29) is 16.8 Å². The summed E-state index contributed by atoms with van der Waals surface area (Å²) in [5.41, 5.74) is 1.11. The summed E-state index contributed by atoms with van der Waals surface area (Å²) in [5.74, 6) is 0.583. The molecule has 0 saturated heterocycles. The van der Waals surface area contributed by atoms with Crippen LogP contribution in [0.5, 0.6) is 0 Å². The Bertz CT molecular complexity index is 441. The van der Waals surface area contributed by atoms with Crippen LogP contribution in [0.4, 0.5) is 0 Å². The highest BCUT2D eigenvalue weighted by Crippen LogP contribution is 2.49. The zero-order chi connectivity index (χ0) is 11.1. The summed E-state index contributed by atoms with van der Waals surface area (Å²) in [6.07, 6.45) is 5.13. The maximum Gasteiger partial charge on any atom is 0.226 e. The molecule has 1 aromatic rings. The summed E-state index contributed by atoms with van der Waals surface area (Å²) in [4.78, 5) is 11.1. The first-order valence-electron chi connectivity index (χ1n) is 5.64. The molecule has 3 nitrogen and oxygen atoms in total. The lowest BCUT2D eigenvalue weighted by molar-refractivity contribution is -0.530. The van der Waals surface area contributed by atoms with Crippen LogP contribution < -0.4 is 0 Å². The van der Waals surface area contributed by atoms with Crippen LogP contribution in [0.2, 0.25) is 0 Å². The number of hydrogen-bond donors (Lipinski definition) is 0. The Kier molecular flexibility index (Phi) is 2.06. The van der Waals surface area contributed by atoms with E-state index in [1.165, 1.54) is 0 Å². The first kappa shape index (κ1) is 9.58. The van der Waals surface area contributed by atoms with Gasteiger partial charge in [0.1, 0.15) is 0 Å². The minimum Gasteiger partial charge on any atom is -0.264 e. The van der Waals surface area contributed by atoms with Gasteiger partial charge < -0.3 is 0 Å².